The minimum atomic E-state index is 0.238. The fourth-order valence-electron chi connectivity index (χ4n) is 3.49. The number of pyridine rings is 1. The molecular weight excluding hydrogens is 320 g/mol. The summed E-state index contributed by atoms with van der Waals surface area (Å²) in [7, 11) is 0. The number of anilines is 2. The van der Waals surface area contributed by atoms with Crippen LogP contribution in [0.3, 0.4) is 0 Å². The van der Waals surface area contributed by atoms with Crippen LogP contribution in [0.4, 0.5) is 11.4 Å². The molecule has 5 rings (SSSR count). The maximum atomic E-state index is 8.31. The van der Waals surface area contributed by atoms with Crippen LogP contribution in [-0.2, 0) is 0 Å². The van der Waals surface area contributed by atoms with E-state index in [0.29, 0.717) is 0 Å². The first-order chi connectivity index (χ1) is 12.8. The molecule has 0 saturated heterocycles. The molecule has 3 N–H and O–H groups in total. The van der Waals surface area contributed by atoms with Crippen LogP contribution in [-0.4, -0.2) is 10.9 Å². The van der Waals surface area contributed by atoms with Gasteiger partial charge >= 0.3 is 0 Å². The van der Waals surface area contributed by atoms with Gasteiger partial charge in [-0.3, -0.25) is 10.4 Å². The van der Waals surface area contributed by atoms with E-state index in [2.05, 4.69) is 52.0 Å². The lowest BCUT2D eigenvalue weighted by Gasteiger charge is -2.14. The molecule has 26 heavy (non-hydrogen) atoms. The lowest BCUT2D eigenvalue weighted by molar-refractivity contribution is 1.40. The topological polar surface area (TPSA) is 60.8 Å². The summed E-state index contributed by atoms with van der Waals surface area (Å²) in [5.74, 6) is 0.238. The minimum absolute atomic E-state index is 0.238. The van der Waals surface area contributed by atoms with Crippen molar-refractivity contribution < 1.29 is 0 Å². The molecule has 0 spiro atoms. The highest BCUT2D eigenvalue weighted by atomic mass is 15.1. The lowest BCUT2D eigenvalue weighted by atomic mass is 10.0. The molecule has 0 saturated carbocycles. The van der Waals surface area contributed by atoms with E-state index in [-0.39, 0.29) is 5.96 Å². The van der Waals surface area contributed by atoms with Gasteiger partial charge in [0, 0.05) is 28.5 Å². The first kappa shape index (κ1) is 14.7. The maximum absolute atomic E-state index is 8.31. The van der Waals surface area contributed by atoms with Gasteiger partial charge in [0.25, 0.3) is 0 Å². The summed E-state index contributed by atoms with van der Waals surface area (Å²) in [5, 5.41) is 18.1. The van der Waals surface area contributed by atoms with Crippen LogP contribution in [0, 0.1) is 5.41 Å². The number of hydrogen-bond donors (Lipinski definition) is 3. The number of benzene rings is 3. The molecule has 1 heterocycles. The van der Waals surface area contributed by atoms with Crippen LogP contribution < -0.4 is 10.6 Å². The molecule has 1 aliphatic carbocycles. The monoisotopic (exact) mass is 336 g/mol. The molecule has 0 radical (unpaired) electrons. The predicted octanol–water partition coefficient (Wildman–Crippen LogP) is 5.33. The van der Waals surface area contributed by atoms with Crippen molar-refractivity contribution in [3.8, 4) is 0 Å². The molecule has 4 aromatic rings. The number of rotatable bonds is 2. The molecule has 1 aliphatic rings. The molecule has 3 aromatic carbocycles. The fraction of sp³-hybridized carbons (Fsp3) is 0. The van der Waals surface area contributed by atoms with Crippen molar-refractivity contribution in [1.82, 2.24) is 4.98 Å². The van der Waals surface area contributed by atoms with Crippen molar-refractivity contribution in [2.75, 3.05) is 10.6 Å². The molecule has 0 amide bonds. The van der Waals surface area contributed by atoms with E-state index in [1.54, 1.807) is 6.20 Å². The normalized spacial score (nSPS) is 11.8. The van der Waals surface area contributed by atoms with Crippen LogP contribution >= 0.6 is 0 Å². The molecular formula is C22H16N4. The van der Waals surface area contributed by atoms with E-state index in [1.165, 1.54) is 16.3 Å². The smallest absolute Gasteiger partial charge is 0.197 e. The number of nitrogens with one attached hydrogen (secondary N) is 3. The number of guanidine groups is 1. The Labute approximate surface area is 150 Å². The van der Waals surface area contributed by atoms with Crippen molar-refractivity contribution >= 4 is 51.2 Å². The van der Waals surface area contributed by atoms with E-state index < -0.39 is 0 Å². The second-order valence-corrected chi connectivity index (χ2v) is 6.34. The predicted molar refractivity (Wildman–Crippen MR) is 110 cm³/mol. The lowest BCUT2D eigenvalue weighted by Crippen LogP contribution is -2.20. The standard InChI is InChI=1S/C22H16N4/c23-22(25-17-8-11-19-16(13-17)5-2-12-24-19)26-20-10-7-15-4-1-3-14-6-9-18(20)21(14)15/h1-13H,(H3,23,25,26). The maximum Gasteiger partial charge on any atom is 0.197 e. The number of fused-ring (bicyclic) bond motifs is 1. The van der Waals surface area contributed by atoms with Crippen molar-refractivity contribution in [2.45, 2.75) is 0 Å². The van der Waals surface area contributed by atoms with E-state index in [9.17, 15) is 0 Å². The third kappa shape index (κ3) is 2.40. The van der Waals surface area contributed by atoms with E-state index in [1.807, 2.05) is 36.4 Å². The second-order valence-electron chi connectivity index (χ2n) is 6.34. The molecule has 0 unspecified atom stereocenters. The van der Waals surface area contributed by atoms with E-state index in [0.717, 1.165) is 27.8 Å². The van der Waals surface area contributed by atoms with Crippen LogP contribution in [0.5, 0.6) is 0 Å². The van der Waals surface area contributed by atoms with E-state index >= 15 is 0 Å². The highest BCUT2D eigenvalue weighted by Gasteiger charge is 2.13. The average molecular weight is 336 g/mol. The van der Waals surface area contributed by atoms with Crippen molar-refractivity contribution in [2.24, 2.45) is 0 Å². The summed E-state index contributed by atoms with van der Waals surface area (Å²) in [4.78, 5) is 4.32. The van der Waals surface area contributed by atoms with Crippen molar-refractivity contribution in [3.63, 3.8) is 0 Å². The molecule has 4 nitrogen and oxygen atoms in total. The Balaban J connectivity index is 1.42. The molecule has 4 heteroatoms. The Morgan fingerprint density at radius 3 is 2.73 bits per heavy atom. The Bertz CT molecular complexity index is 1210. The molecule has 0 fully saturated rings. The Morgan fingerprint density at radius 2 is 1.77 bits per heavy atom. The summed E-state index contributed by atoms with van der Waals surface area (Å²) in [6.45, 7) is 0. The average Bonchev–Trinajstić information content (AvgIpc) is 3.10. The van der Waals surface area contributed by atoms with Gasteiger partial charge in [-0.05, 0) is 46.7 Å². The van der Waals surface area contributed by atoms with Gasteiger partial charge in [0.2, 0.25) is 0 Å². The molecule has 1 aromatic heterocycles. The first-order valence-corrected chi connectivity index (χ1v) is 8.49. The molecule has 0 atom stereocenters. The molecule has 124 valence electrons. The number of aromatic nitrogens is 1. The molecule has 0 bridgehead atoms. The van der Waals surface area contributed by atoms with Gasteiger partial charge in [-0.1, -0.05) is 42.5 Å². The summed E-state index contributed by atoms with van der Waals surface area (Å²) < 4.78 is 0. The first-order valence-electron chi connectivity index (χ1n) is 8.49. The van der Waals surface area contributed by atoms with Gasteiger partial charge in [0.1, 0.15) is 0 Å². The van der Waals surface area contributed by atoms with Gasteiger partial charge in [-0.15, -0.1) is 0 Å². The summed E-state index contributed by atoms with van der Waals surface area (Å²) in [6, 6.07) is 20.2. The quantitative estimate of drug-likeness (QED) is 0.301. The summed E-state index contributed by atoms with van der Waals surface area (Å²) in [5.41, 5.74) is 5.09. The summed E-state index contributed by atoms with van der Waals surface area (Å²) in [6.07, 6.45) is 6.01. The minimum Gasteiger partial charge on any atom is -0.326 e. The highest BCUT2D eigenvalue weighted by Crippen LogP contribution is 2.35. The van der Waals surface area contributed by atoms with Crippen LogP contribution in [0.1, 0.15) is 11.1 Å². The zero-order valence-corrected chi connectivity index (χ0v) is 14.0. The fourth-order valence-corrected chi connectivity index (χ4v) is 3.49. The van der Waals surface area contributed by atoms with Gasteiger partial charge in [0.05, 0.1) is 5.52 Å². The van der Waals surface area contributed by atoms with Gasteiger partial charge in [-0.25, -0.2) is 0 Å². The van der Waals surface area contributed by atoms with Crippen molar-refractivity contribution in [1.29, 1.82) is 5.41 Å². The third-order valence-corrected chi connectivity index (χ3v) is 4.68. The van der Waals surface area contributed by atoms with Crippen LogP contribution in [0.25, 0.3) is 33.8 Å². The highest BCUT2D eigenvalue weighted by molar-refractivity contribution is 6.11. The van der Waals surface area contributed by atoms with Gasteiger partial charge < -0.3 is 10.6 Å². The zero-order valence-electron chi connectivity index (χ0n) is 14.0. The number of hydrogen-bond acceptors (Lipinski definition) is 2. The molecule has 0 aliphatic heterocycles. The number of nitrogens with zero attached hydrogens (tertiary/aromatic N) is 1. The second kappa shape index (κ2) is 5.70. The van der Waals surface area contributed by atoms with E-state index in [4.69, 9.17) is 5.41 Å². The Morgan fingerprint density at radius 1 is 0.846 bits per heavy atom. The Hall–Kier alpha value is -3.66. The van der Waals surface area contributed by atoms with Gasteiger partial charge in [-0.2, -0.15) is 0 Å². The largest absolute Gasteiger partial charge is 0.326 e. The van der Waals surface area contributed by atoms with Crippen molar-refractivity contribution in [3.05, 3.63) is 78.0 Å². The van der Waals surface area contributed by atoms with Crippen LogP contribution in [0.2, 0.25) is 0 Å². The Kier molecular flexibility index (Phi) is 3.22. The zero-order chi connectivity index (χ0) is 17.5. The van der Waals surface area contributed by atoms with Crippen LogP contribution in [0.15, 0.2) is 66.9 Å². The summed E-state index contributed by atoms with van der Waals surface area (Å²) >= 11 is 0. The SMILES string of the molecule is N=C(Nc1ccc2ncccc2c1)Nc1ccc2cccc3c2c1C=C3. The van der Waals surface area contributed by atoms with Gasteiger partial charge in [0.15, 0.2) is 5.96 Å². The third-order valence-electron chi connectivity index (χ3n) is 4.68.